The van der Waals surface area contributed by atoms with Crippen molar-refractivity contribution < 1.29 is 4.74 Å². The van der Waals surface area contributed by atoms with Gasteiger partial charge in [0.05, 0.1) is 36.3 Å². The number of nitrogens with two attached hydrogens (primary N) is 1. The van der Waals surface area contributed by atoms with Crippen molar-refractivity contribution in [2.75, 3.05) is 24.3 Å². The minimum Gasteiger partial charge on any atom is -0.497 e. The molecular formula is C29H24N4O. The van der Waals surface area contributed by atoms with Gasteiger partial charge in [0.15, 0.2) is 5.82 Å². The third-order valence-electron chi connectivity index (χ3n) is 6.32. The van der Waals surface area contributed by atoms with Gasteiger partial charge < -0.3 is 15.4 Å². The lowest BCUT2D eigenvalue weighted by Crippen LogP contribution is -2.17. The second kappa shape index (κ2) is 8.12. The van der Waals surface area contributed by atoms with Crippen LogP contribution in [0, 0.1) is 0 Å². The molecule has 4 aromatic carbocycles. The molecule has 34 heavy (non-hydrogen) atoms. The number of methoxy groups -OCH3 is 1. The van der Waals surface area contributed by atoms with Crippen molar-refractivity contribution in [2.24, 2.45) is 4.99 Å². The van der Waals surface area contributed by atoms with Gasteiger partial charge in [-0.25, -0.2) is 4.99 Å². The molecule has 2 N–H and O–H groups in total. The van der Waals surface area contributed by atoms with E-state index in [1.54, 1.807) is 7.11 Å². The monoisotopic (exact) mass is 444 g/mol. The number of anilines is 3. The van der Waals surface area contributed by atoms with Crippen LogP contribution in [0.25, 0.3) is 16.6 Å². The van der Waals surface area contributed by atoms with Crippen LogP contribution in [0.4, 0.5) is 22.9 Å². The van der Waals surface area contributed by atoms with Crippen LogP contribution in [0.2, 0.25) is 0 Å². The smallest absolute Gasteiger partial charge is 0.161 e. The third-order valence-corrected chi connectivity index (χ3v) is 6.32. The van der Waals surface area contributed by atoms with Crippen LogP contribution in [0.15, 0.2) is 108 Å². The van der Waals surface area contributed by atoms with Crippen molar-refractivity contribution in [3.8, 4) is 11.4 Å². The summed E-state index contributed by atoms with van der Waals surface area (Å²) in [6, 6.07) is 34.9. The van der Waals surface area contributed by atoms with Crippen molar-refractivity contribution in [3.05, 3.63) is 109 Å². The Hall–Kier alpha value is -4.51. The van der Waals surface area contributed by atoms with E-state index in [9.17, 15) is 0 Å². The molecule has 5 aromatic rings. The number of nitrogen functional groups attached to an aromatic ring is 1. The van der Waals surface area contributed by atoms with Crippen LogP contribution in [-0.4, -0.2) is 23.9 Å². The maximum Gasteiger partial charge on any atom is 0.161 e. The minimum absolute atomic E-state index is 0.641. The Morgan fingerprint density at radius 2 is 1.53 bits per heavy atom. The van der Waals surface area contributed by atoms with Gasteiger partial charge in [0.25, 0.3) is 0 Å². The molecule has 0 bridgehead atoms. The lowest BCUT2D eigenvalue weighted by molar-refractivity contribution is 0.415. The van der Waals surface area contributed by atoms with Gasteiger partial charge in [-0.1, -0.05) is 60.7 Å². The summed E-state index contributed by atoms with van der Waals surface area (Å²) < 4.78 is 7.61. The Bertz CT molecular complexity index is 1530. The highest BCUT2D eigenvalue weighted by atomic mass is 16.5. The van der Waals surface area contributed by atoms with Crippen molar-refractivity contribution in [3.63, 3.8) is 0 Å². The number of ether oxygens (including phenoxy) is 1. The lowest BCUT2D eigenvalue weighted by Gasteiger charge is -2.19. The number of hydrogen-bond donors (Lipinski definition) is 1. The molecule has 1 aliphatic heterocycles. The van der Waals surface area contributed by atoms with Crippen LogP contribution in [0.1, 0.15) is 5.56 Å². The minimum atomic E-state index is 0.641. The first-order valence-electron chi connectivity index (χ1n) is 11.3. The first kappa shape index (κ1) is 20.1. The number of aromatic nitrogens is 1. The van der Waals surface area contributed by atoms with E-state index in [-0.39, 0.29) is 0 Å². The predicted molar refractivity (Wildman–Crippen MR) is 140 cm³/mol. The summed E-state index contributed by atoms with van der Waals surface area (Å²) in [5, 5.41) is 1.00. The third kappa shape index (κ3) is 3.21. The lowest BCUT2D eigenvalue weighted by atomic mass is 10.1. The maximum absolute atomic E-state index is 6.70. The molecule has 5 heteroatoms. The highest BCUT2D eigenvalue weighted by Gasteiger charge is 2.27. The zero-order valence-electron chi connectivity index (χ0n) is 18.8. The van der Waals surface area contributed by atoms with Gasteiger partial charge in [0.1, 0.15) is 5.75 Å². The topological polar surface area (TPSA) is 55.8 Å². The van der Waals surface area contributed by atoms with Crippen LogP contribution < -0.4 is 15.4 Å². The van der Waals surface area contributed by atoms with Gasteiger partial charge in [0, 0.05) is 28.4 Å². The van der Waals surface area contributed by atoms with Crippen LogP contribution >= 0.6 is 0 Å². The van der Waals surface area contributed by atoms with E-state index in [4.69, 9.17) is 15.5 Å². The first-order valence-corrected chi connectivity index (χ1v) is 11.3. The molecule has 0 fully saturated rings. The van der Waals surface area contributed by atoms with E-state index in [1.807, 2.05) is 42.5 Å². The summed E-state index contributed by atoms with van der Waals surface area (Å²) in [5.41, 5.74) is 13.7. The predicted octanol–water partition coefficient (Wildman–Crippen LogP) is 6.49. The largest absolute Gasteiger partial charge is 0.497 e. The Morgan fingerprint density at radius 1 is 0.794 bits per heavy atom. The number of hydrogen-bond acceptors (Lipinski definition) is 4. The summed E-state index contributed by atoms with van der Waals surface area (Å²) in [7, 11) is 1.69. The van der Waals surface area contributed by atoms with Gasteiger partial charge >= 0.3 is 0 Å². The average Bonchev–Trinajstić information content (AvgIpc) is 3.40. The molecule has 1 aromatic heterocycles. The number of aliphatic imine (C=N–C) groups is 1. The van der Waals surface area contributed by atoms with Gasteiger partial charge in [-0.3, -0.25) is 4.57 Å². The standard InChI is InChI=1S/C29H24N4O/c1-34-22-13-9-12-21(18-22)32-19-25(23-14-5-7-16-26(23)32)31-29-28(30)24-15-6-8-17-27(24)33(29)20-10-3-2-4-11-20/h2-18H,19,30H2,1H3/b31-25+. The van der Waals surface area contributed by atoms with Crippen LogP contribution in [0.3, 0.4) is 0 Å². The number of para-hydroxylation sites is 3. The van der Waals surface area contributed by atoms with Gasteiger partial charge in [0.2, 0.25) is 0 Å². The quantitative estimate of drug-likeness (QED) is 0.344. The van der Waals surface area contributed by atoms with Crippen molar-refractivity contribution in [1.29, 1.82) is 0 Å². The van der Waals surface area contributed by atoms with E-state index < -0.39 is 0 Å². The zero-order valence-corrected chi connectivity index (χ0v) is 18.8. The summed E-state index contributed by atoms with van der Waals surface area (Å²) in [6.45, 7) is 0.641. The van der Waals surface area contributed by atoms with Crippen molar-refractivity contribution >= 4 is 39.5 Å². The van der Waals surface area contributed by atoms with E-state index in [0.29, 0.717) is 12.2 Å². The first-order chi connectivity index (χ1) is 16.7. The Morgan fingerprint density at radius 3 is 2.38 bits per heavy atom. The molecule has 0 saturated heterocycles. The molecule has 166 valence electrons. The number of rotatable bonds is 4. The molecule has 6 rings (SSSR count). The average molecular weight is 445 g/mol. The normalized spacial score (nSPS) is 14.0. The highest BCUT2D eigenvalue weighted by molar-refractivity contribution is 6.15. The van der Waals surface area contributed by atoms with E-state index >= 15 is 0 Å². The van der Waals surface area contributed by atoms with E-state index in [2.05, 4.69) is 70.1 Å². The summed E-state index contributed by atoms with van der Waals surface area (Å²) in [5.74, 6) is 1.58. The molecule has 0 atom stereocenters. The zero-order chi connectivity index (χ0) is 23.1. The van der Waals surface area contributed by atoms with Gasteiger partial charge in [-0.05, 0) is 36.4 Å². The molecule has 0 aliphatic carbocycles. The second-order valence-electron chi connectivity index (χ2n) is 8.29. The molecule has 0 saturated carbocycles. The van der Waals surface area contributed by atoms with Crippen molar-refractivity contribution in [1.82, 2.24) is 4.57 Å². The van der Waals surface area contributed by atoms with Gasteiger partial charge in [-0.2, -0.15) is 0 Å². The van der Waals surface area contributed by atoms with Crippen LogP contribution in [-0.2, 0) is 0 Å². The fraction of sp³-hybridized carbons (Fsp3) is 0.0690. The molecule has 0 unspecified atom stereocenters. The number of nitrogens with zero attached hydrogens (tertiary/aromatic N) is 3. The number of fused-ring (bicyclic) bond motifs is 2. The van der Waals surface area contributed by atoms with Crippen LogP contribution in [0.5, 0.6) is 5.75 Å². The Kier molecular flexibility index (Phi) is 4.81. The number of benzene rings is 4. The molecule has 0 radical (unpaired) electrons. The summed E-state index contributed by atoms with van der Waals surface area (Å²) >= 11 is 0. The fourth-order valence-electron chi connectivity index (χ4n) is 4.71. The summed E-state index contributed by atoms with van der Waals surface area (Å²) in [6.07, 6.45) is 0. The van der Waals surface area contributed by atoms with E-state index in [0.717, 1.165) is 50.8 Å². The second-order valence-corrected chi connectivity index (χ2v) is 8.29. The molecule has 2 heterocycles. The maximum atomic E-state index is 6.70. The van der Waals surface area contributed by atoms with Gasteiger partial charge in [-0.15, -0.1) is 0 Å². The Balaban J connectivity index is 1.54. The molecule has 0 spiro atoms. The SMILES string of the molecule is COc1cccc(N2C/C(=N\c3c(N)c4ccccc4n3-c3ccccc3)c3ccccc32)c1. The molecule has 5 nitrogen and oxygen atoms in total. The molecular weight excluding hydrogens is 420 g/mol. The summed E-state index contributed by atoms with van der Waals surface area (Å²) in [4.78, 5) is 7.48. The van der Waals surface area contributed by atoms with Crippen molar-refractivity contribution in [2.45, 2.75) is 0 Å². The fourth-order valence-corrected chi connectivity index (χ4v) is 4.71. The Labute approximate surface area is 198 Å². The molecule has 0 amide bonds. The highest BCUT2D eigenvalue weighted by Crippen LogP contribution is 2.41. The van der Waals surface area contributed by atoms with E-state index in [1.165, 1.54) is 0 Å². The molecule has 1 aliphatic rings.